The first kappa shape index (κ1) is 15.1. The summed E-state index contributed by atoms with van der Waals surface area (Å²) in [5.74, 6) is 0. The van der Waals surface area contributed by atoms with Crippen molar-refractivity contribution in [1.82, 2.24) is 0 Å². The number of allylic oxidation sites excluding steroid dienone is 1. The first-order valence-electron chi connectivity index (χ1n) is 3.40. The van der Waals surface area contributed by atoms with Crippen molar-refractivity contribution >= 4 is 24.8 Å². The van der Waals surface area contributed by atoms with E-state index in [-0.39, 0.29) is 31.4 Å². The Hall–Kier alpha value is -0.420. The summed E-state index contributed by atoms with van der Waals surface area (Å²) in [5, 5.41) is 8.88. The zero-order valence-electron chi connectivity index (χ0n) is 7.06. The summed E-state index contributed by atoms with van der Waals surface area (Å²) in [5.41, 5.74) is 17.1. The van der Waals surface area contributed by atoms with E-state index in [2.05, 4.69) is 0 Å². The topological polar surface area (TPSA) is 98.3 Å². The van der Waals surface area contributed by atoms with Gasteiger partial charge in [0, 0.05) is 17.8 Å². The van der Waals surface area contributed by atoms with E-state index in [0.717, 1.165) is 0 Å². The summed E-state index contributed by atoms with van der Waals surface area (Å²) in [7, 11) is 0. The van der Waals surface area contributed by atoms with Gasteiger partial charge in [-0.1, -0.05) is 0 Å². The highest BCUT2D eigenvalue weighted by atomic mass is 35.5. The molecule has 7 N–H and O–H groups in total. The number of aliphatic hydroxyl groups excluding tert-OH is 1. The summed E-state index contributed by atoms with van der Waals surface area (Å²) in [6.07, 6.45) is 3.74. The first-order chi connectivity index (χ1) is 5.06. The second-order valence-corrected chi connectivity index (χ2v) is 2.93. The summed E-state index contributed by atoms with van der Waals surface area (Å²) < 4.78 is 0. The monoisotopic (exact) mass is 227 g/mol. The van der Waals surface area contributed by atoms with Gasteiger partial charge in [0.15, 0.2) is 0 Å². The molecule has 0 aromatic heterocycles. The van der Waals surface area contributed by atoms with Gasteiger partial charge in [0.25, 0.3) is 0 Å². The van der Waals surface area contributed by atoms with Crippen LogP contribution in [0.4, 0.5) is 0 Å². The van der Waals surface area contributed by atoms with Crippen molar-refractivity contribution in [3.63, 3.8) is 0 Å². The predicted molar refractivity (Wildman–Crippen MR) is 57.7 cm³/mol. The van der Waals surface area contributed by atoms with E-state index in [1.807, 2.05) is 0 Å². The van der Waals surface area contributed by atoms with Crippen molar-refractivity contribution in [2.24, 2.45) is 17.2 Å². The maximum absolute atomic E-state index is 8.88. The standard InChI is InChI=1S/C7H13N3O.2ClH/c8-5-1-6(9)3-7(10,2-5)4-11;;/h1-2,11H,3-4,8-10H2;2*1H. The quantitative estimate of drug-likeness (QED) is 0.491. The van der Waals surface area contributed by atoms with E-state index < -0.39 is 5.54 Å². The second kappa shape index (κ2) is 5.34. The molecule has 1 atom stereocenters. The van der Waals surface area contributed by atoms with Crippen molar-refractivity contribution in [3.8, 4) is 0 Å². The molecule has 0 aromatic rings. The van der Waals surface area contributed by atoms with Gasteiger partial charge in [-0.25, -0.2) is 0 Å². The lowest BCUT2D eigenvalue weighted by Gasteiger charge is -2.27. The molecule has 0 aliphatic heterocycles. The number of halogens is 2. The third kappa shape index (κ3) is 3.87. The van der Waals surface area contributed by atoms with E-state index in [1.54, 1.807) is 12.2 Å². The third-order valence-electron chi connectivity index (χ3n) is 1.63. The SMILES string of the molecule is Cl.Cl.NC1=CC(N)(CO)CC(N)=C1. The Balaban J connectivity index is 0. The normalized spacial score (nSPS) is 26.3. The minimum atomic E-state index is -0.761. The van der Waals surface area contributed by atoms with Crippen LogP contribution in [0.1, 0.15) is 6.42 Å². The van der Waals surface area contributed by atoms with Crippen molar-refractivity contribution in [1.29, 1.82) is 0 Å². The van der Waals surface area contributed by atoms with Crippen LogP contribution in [0.15, 0.2) is 23.5 Å². The van der Waals surface area contributed by atoms with Gasteiger partial charge in [-0.15, -0.1) is 24.8 Å². The highest BCUT2D eigenvalue weighted by Crippen LogP contribution is 2.18. The molecule has 1 aliphatic rings. The number of nitrogens with two attached hydrogens (primary N) is 3. The average molecular weight is 228 g/mol. The largest absolute Gasteiger partial charge is 0.402 e. The van der Waals surface area contributed by atoms with Crippen LogP contribution in [0.5, 0.6) is 0 Å². The third-order valence-corrected chi connectivity index (χ3v) is 1.63. The molecule has 4 nitrogen and oxygen atoms in total. The molecule has 1 rings (SSSR count). The van der Waals surface area contributed by atoms with Gasteiger partial charge >= 0.3 is 0 Å². The molecule has 0 saturated carbocycles. The maximum atomic E-state index is 8.88. The Morgan fingerprint density at radius 3 is 2.31 bits per heavy atom. The van der Waals surface area contributed by atoms with Crippen LogP contribution in [0.3, 0.4) is 0 Å². The first-order valence-corrected chi connectivity index (χ1v) is 3.40. The minimum absolute atomic E-state index is 0. The smallest absolute Gasteiger partial charge is 0.0652 e. The van der Waals surface area contributed by atoms with Gasteiger partial charge < -0.3 is 22.3 Å². The van der Waals surface area contributed by atoms with E-state index in [0.29, 0.717) is 17.8 Å². The number of rotatable bonds is 1. The van der Waals surface area contributed by atoms with Crippen LogP contribution in [0, 0.1) is 0 Å². The van der Waals surface area contributed by atoms with E-state index in [9.17, 15) is 0 Å². The average Bonchev–Trinajstić information content (AvgIpc) is 1.84. The van der Waals surface area contributed by atoms with Crippen LogP contribution in [0.25, 0.3) is 0 Å². The fraction of sp³-hybridized carbons (Fsp3) is 0.429. The Bertz CT molecular complexity index is 230. The second-order valence-electron chi connectivity index (χ2n) is 2.93. The molecule has 0 spiro atoms. The Morgan fingerprint density at radius 2 is 1.92 bits per heavy atom. The molecule has 1 aliphatic carbocycles. The zero-order valence-corrected chi connectivity index (χ0v) is 8.70. The number of hydrogen-bond donors (Lipinski definition) is 4. The summed E-state index contributed by atoms with van der Waals surface area (Å²) in [4.78, 5) is 0. The molecule has 0 fully saturated rings. The summed E-state index contributed by atoms with van der Waals surface area (Å²) >= 11 is 0. The minimum Gasteiger partial charge on any atom is -0.402 e. The van der Waals surface area contributed by atoms with Crippen LogP contribution < -0.4 is 17.2 Å². The molecule has 0 amide bonds. The van der Waals surface area contributed by atoms with Crippen molar-refractivity contribution in [2.45, 2.75) is 12.0 Å². The molecule has 0 bridgehead atoms. The zero-order chi connectivity index (χ0) is 8.48. The Kier molecular flexibility index (Phi) is 6.19. The molecule has 13 heavy (non-hydrogen) atoms. The van der Waals surface area contributed by atoms with Gasteiger partial charge in [0.05, 0.1) is 12.1 Å². The van der Waals surface area contributed by atoms with E-state index in [1.165, 1.54) is 0 Å². The van der Waals surface area contributed by atoms with Crippen LogP contribution in [-0.4, -0.2) is 17.3 Å². The van der Waals surface area contributed by atoms with E-state index in [4.69, 9.17) is 22.3 Å². The van der Waals surface area contributed by atoms with Crippen LogP contribution in [-0.2, 0) is 0 Å². The lowest BCUT2D eigenvalue weighted by molar-refractivity contribution is 0.224. The molecule has 1 unspecified atom stereocenters. The number of aliphatic hydroxyl groups is 1. The molecular formula is C7H15Cl2N3O. The highest BCUT2D eigenvalue weighted by molar-refractivity contribution is 5.85. The highest BCUT2D eigenvalue weighted by Gasteiger charge is 2.25. The molecule has 0 radical (unpaired) electrons. The Labute approximate surface area is 89.7 Å². The summed E-state index contributed by atoms with van der Waals surface area (Å²) in [6.45, 7) is -0.137. The molecule has 0 saturated heterocycles. The molecule has 0 heterocycles. The van der Waals surface area contributed by atoms with Crippen molar-refractivity contribution in [2.75, 3.05) is 6.61 Å². The van der Waals surface area contributed by atoms with Gasteiger partial charge in [-0.2, -0.15) is 0 Å². The lowest BCUT2D eigenvalue weighted by Crippen LogP contribution is -2.45. The van der Waals surface area contributed by atoms with Crippen LogP contribution in [0.2, 0.25) is 0 Å². The molecule has 6 heteroatoms. The molecular weight excluding hydrogens is 213 g/mol. The summed E-state index contributed by atoms with van der Waals surface area (Å²) in [6, 6.07) is 0. The van der Waals surface area contributed by atoms with E-state index >= 15 is 0 Å². The van der Waals surface area contributed by atoms with Gasteiger partial charge in [-0.05, 0) is 12.2 Å². The predicted octanol–water partition coefficient (Wildman–Crippen LogP) is -0.391. The fourth-order valence-electron chi connectivity index (χ4n) is 1.17. The Morgan fingerprint density at radius 1 is 1.38 bits per heavy atom. The fourth-order valence-corrected chi connectivity index (χ4v) is 1.17. The van der Waals surface area contributed by atoms with Gasteiger partial charge in [-0.3, -0.25) is 0 Å². The van der Waals surface area contributed by atoms with Gasteiger partial charge in [0.1, 0.15) is 0 Å². The van der Waals surface area contributed by atoms with Crippen molar-refractivity contribution in [3.05, 3.63) is 23.5 Å². The van der Waals surface area contributed by atoms with Crippen LogP contribution >= 0.6 is 24.8 Å². The molecule has 78 valence electrons. The maximum Gasteiger partial charge on any atom is 0.0652 e. The number of hydrogen-bond acceptors (Lipinski definition) is 4. The van der Waals surface area contributed by atoms with Crippen molar-refractivity contribution < 1.29 is 5.11 Å². The lowest BCUT2D eigenvalue weighted by atomic mass is 9.90. The van der Waals surface area contributed by atoms with Gasteiger partial charge in [0.2, 0.25) is 0 Å². The molecule has 0 aromatic carbocycles.